The highest BCUT2D eigenvalue weighted by Gasteiger charge is 2.29. The maximum atomic E-state index is 11.8. The Labute approximate surface area is 173 Å². The summed E-state index contributed by atoms with van der Waals surface area (Å²) in [5.74, 6) is 1.15. The van der Waals surface area contributed by atoms with Gasteiger partial charge in [0.25, 0.3) is 6.47 Å². The fourth-order valence-corrected chi connectivity index (χ4v) is 3.21. The lowest BCUT2D eigenvalue weighted by molar-refractivity contribution is -0.137. The molecule has 0 bridgehead atoms. The zero-order valence-corrected chi connectivity index (χ0v) is 18.2. The molecule has 156 valence electrons. The third-order valence-electron chi connectivity index (χ3n) is 4.08. The van der Waals surface area contributed by atoms with E-state index in [0.717, 1.165) is 10.0 Å². The Morgan fingerprint density at radius 1 is 1.32 bits per heavy atom. The van der Waals surface area contributed by atoms with Gasteiger partial charge in [-0.1, -0.05) is 22.0 Å². The SMILES string of the molecule is C=CCC(OC=O)C(Cc1cc(OC)c(OC)cc1Br)N(C)NC(=O)OCC. The number of nitrogens with one attached hydrogen (secondary N) is 1. The molecule has 0 aliphatic carbocycles. The third kappa shape index (κ3) is 6.72. The summed E-state index contributed by atoms with van der Waals surface area (Å²) in [4.78, 5) is 22.9. The van der Waals surface area contributed by atoms with E-state index in [1.165, 1.54) is 0 Å². The lowest BCUT2D eigenvalue weighted by atomic mass is 9.98. The lowest BCUT2D eigenvalue weighted by Gasteiger charge is -2.33. The number of hydrogen-bond acceptors (Lipinski definition) is 7. The molecule has 1 aromatic carbocycles. The standard InChI is InChI=1S/C19H27BrN2O6/c1-6-8-16(28-12-23)15(22(3)21-19(24)27-7-2)9-13-10-17(25-4)18(26-5)11-14(13)20/h6,10-12,15-16H,1,7-9H2,2-5H3,(H,21,24). The van der Waals surface area contributed by atoms with Crippen molar-refractivity contribution in [2.24, 2.45) is 0 Å². The molecule has 1 rings (SSSR count). The molecule has 2 atom stereocenters. The van der Waals surface area contributed by atoms with Crippen LogP contribution >= 0.6 is 15.9 Å². The molecule has 1 aromatic rings. The van der Waals surface area contributed by atoms with Crippen molar-refractivity contribution in [3.05, 3.63) is 34.8 Å². The van der Waals surface area contributed by atoms with Gasteiger partial charge in [0.15, 0.2) is 11.5 Å². The number of hydrogen-bond donors (Lipinski definition) is 1. The number of methoxy groups -OCH3 is 2. The van der Waals surface area contributed by atoms with E-state index in [0.29, 0.717) is 30.8 Å². The third-order valence-corrected chi connectivity index (χ3v) is 4.82. The molecule has 0 aliphatic rings. The van der Waals surface area contributed by atoms with Crippen LogP contribution in [0.1, 0.15) is 18.9 Å². The second-order valence-corrected chi connectivity index (χ2v) is 6.66. The highest BCUT2D eigenvalue weighted by Crippen LogP contribution is 2.34. The van der Waals surface area contributed by atoms with Crippen LogP contribution in [0.5, 0.6) is 11.5 Å². The highest BCUT2D eigenvalue weighted by atomic mass is 79.9. The first-order valence-electron chi connectivity index (χ1n) is 8.68. The van der Waals surface area contributed by atoms with Gasteiger partial charge >= 0.3 is 6.09 Å². The van der Waals surface area contributed by atoms with Crippen LogP contribution in [0.25, 0.3) is 0 Å². The van der Waals surface area contributed by atoms with Crippen molar-refractivity contribution in [1.29, 1.82) is 0 Å². The van der Waals surface area contributed by atoms with Crippen molar-refractivity contribution in [2.45, 2.75) is 31.9 Å². The molecule has 0 fully saturated rings. The van der Waals surface area contributed by atoms with Crippen LogP contribution in [0.3, 0.4) is 0 Å². The molecule has 9 heteroatoms. The molecule has 1 N–H and O–H groups in total. The molecule has 0 heterocycles. The van der Waals surface area contributed by atoms with Gasteiger partial charge < -0.3 is 18.9 Å². The number of halogens is 1. The van der Waals surface area contributed by atoms with Gasteiger partial charge in [0.2, 0.25) is 0 Å². The van der Waals surface area contributed by atoms with E-state index in [-0.39, 0.29) is 6.61 Å². The van der Waals surface area contributed by atoms with Gasteiger partial charge in [0, 0.05) is 17.9 Å². The zero-order valence-electron chi connectivity index (χ0n) is 16.6. The van der Waals surface area contributed by atoms with Crippen LogP contribution in [-0.2, 0) is 20.7 Å². The van der Waals surface area contributed by atoms with Crippen molar-refractivity contribution < 1.29 is 28.5 Å². The maximum absolute atomic E-state index is 11.8. The number of benzene rings is 1. The summed E-state index contributed by atoms with van der Waals surface area (Å²) in [6.07, 6.45) is 1.36. The van der Waals surface area contributed by atoms with Crippen molar-refractivity contribution >= 4 is 28.5 Å². The molecular formula is C19H27BrN2O6. The summed E-state index contributed by atoms with van der Waals surface area (Å²) in [5.41, 5.74) is 3.52. The predicted molar refractivity (Wildman–Crippen MR) is 108 cm³/mol. The van der Waals surface area contributed by atoms with Crippen LogP contribution in [-0.4, -0.2) is 57.6 Å². The summed E-state index contributed by atoms with van der Waals surface area (Å²) in [5, 5.41) is 1.57. The smallest absolute Gasteiger partial charge is 0.421 e. The maximum Gasteiger partial charge on any atom is 0.421 e. The normalized spacial score (nSPS) is 12.6. The van der Waals surface area contributed by atoms with Crippen molar-refractivity contribution in [3.63, 3.8) is 0 Å². The van der Waals surface area contributed by atoms with E-state index in [2.05, 4.69) is 27.9 Å². The first-order valence-corrected chi connectivity index (χ1v) is 9.47. The van der Waals surface area contributed by atoms with Crippen LogP contribution < -0.4 is 14.9 Å². The first-order chi connectivity index (χ1) is 13.4. The summed E-state index contributed by atoms with van der Waals surface area (Å²) < 4.78 is 21.7. The minimum atomic E-state index is -0.593. The van der Waals surface area contributed by atoms with E-state index >= 15 is 0 Å². The number of hydrazine groups is 1. The Morgan fingerprint density at radius 2 is 1.96 bits per heavy atom. The van der Waals surface area contributed by atoms with Gasteiger partial charge in [0.05, 0.1) is 26.9 Å². The topological polar surface area (TPSA) is 86.3 Å². The van der Waals surface area contributed by atoms with Gasteiger partial charge in [-0.25, -0.2) is 9.80 Å². The molecular weight excluding hydrogens is 432 g/mol. The van der Waals surface area contributed by atoms with Gasteiger partial charge in [-0.15, -0.1) is 6.58 Å². The second kappa shape index (κ2) is 12.2. The first kappa shape index (κ1) is 23.8. The van der Waals surface area contributed by atoms with E-state index in [1.807, 2.05) is 6.07 Å². The number of likely N-dealkylation sites (N-methyl/N-ethyl adjacent to an activating group) is 1. The average Bonchev–Trinajstić information content (AvgIpc) is 2.66. The minimum absolute atomic E-state index is 0.243. The monoisotopic (exact) mass is 458 g/mol. The Balaban J connectivity index is 3.21. The lowest BCUT2D eigenvalue weighted by Crippen LogP contribution is -2.52. The Bertz CT molecular complexity index is 660. The highest BCUT2D eigenvalue weighted by molar-refractivity contribution is 9.10. The number of carbonyl (C=O) groups is 2. The summed E-state index contributed by atoms with van der Waals surface area (Å²) >= 11 is 3.54. The van der Waals surface area contributed by atoms with Gasteiger partial charge in [-0.05, 0) is 31.0 Å². The molecule has 0 saturated carbocycles. The van der Waals surface area contributed by atoms with Crippen molar-refractivity contribution in [2.75, 3.05) is 27.9 Å². The van der Waals surface area contributed by atoms with E-state index < -0.39 is 18.2 Å². The molecule has 0 aromatic heterocycles. The van der Waals surface area contributed by atoms with Crippen molar-refractivity contribution in [1.82, 2.24) is 10.4 Å². The van der Waals surface area contributed by atoms with Gasteiger partial charge in [-0.2, -0.15) is 0 Å². The van der Waals surface area contributed by atoms with Crippen LogP contribution in [0, 0.1) is 0 Å². The summed E-state index contributed by atoms with van der Waals surface area (Å²) in [6.45, 7) is 6.07. The number of carbonyl (C=O) groups excluding carboxylic acids is 2. The molecule has 0 radical (unpaired) electrons. The van der Waals surface area contributed by atoms with E-state index in [9.17, 15) is 9.59 Å². The molecule has 28 heavy (non-hydrogen) atoms. The largest absolute Gasteiger partial charge is 0.493 e. The Hall–Kier alpha value is -2.26. The number of amides is 1. The molecule has 1 amide bonds. The Morgan fingerprint density at radius 3 is 2.50 bits per heavy atom. The van der Waals surface area contributed by atoms with E-state index in [1.54, 1.807) is 45.3 Å². The van der Waals surface area contributed by atoms with E-state index in [4.69, 9.17) is 18.9 Å². The van der Waals surface area contributed by atoms with Crippen LogP contribution in [0.15, 0.2) is 29.3 Å². The number of nitrogens with zero attached hydrogens (tertiary/aromatic N) is 1. The molecule has 2 unspecified atom stereocenters. The fraction of sp³-hybridized carbons (Fsp3) is 0.474. The summed E-state index contributed by atoms with van der Waals surface area (Å²) in [6, 6.07) is 3.23. The summed E-state index contributed by atoms with van der Waals surface area (Å²) in [7, 11) is 4.79. The van der Waals surface area contributed by atoms with Crippen LogP contribution in [0.2, 0.25) is 0 Å². The van der Waals surface area contributed by atoms with Crippen molar-refractivity contribution in [3.8, 4) is 11.5 Å². The second-order valence-electron chi connectivity index (χ2n) is 5.81. The molecule has 0 aliphatic heterocycles. The number of ether oxygens (including phenoxy) is 4. The molecule has 0 saturated heterocycles. The number of rotatable bonds is 12. The quantitative estimate of drug-likeness (QED) is 0.292. The Kier molecular flexibility index (Phi) is 10.4. The molecule has 0 spiro atoms. The molecule has 8 nitrogen and oxygen atoms in total. The minimum Gasteiger partial charge on any atom is -0.493 e. The van der Waals surface area contributed by atoms with Gasteiger partial charge in [0.1, 0.15) is 6.10 Å². The van der Waals surface area contributed by atoms with Gasteiger partial charge in [-0.3, -0.25) is 10.2 Å². The average molecular weight is 459 g/mol. The fourth-order valence-electron chi connectivity index (χ4n) is 2.73. The van der Waals surface area contributed by atoms with Crippen LogP contribution in [0.4, 0.5) is 4.79 Å². The predicted octanol–water partition coefficient (Wildman–Crippen LogP) is 3.09. The zero-order chi connectivity index (χ0) is 21.1.